The summed E-state index contributed by atoms with van der Waals surface area (Å²) in [5.41, 5.74) is -0.305. The van der Waals surface area contributed by atoms with Crippen molar-refractivity contribution in [3.05, 3.63) is 66.8 Å². The fraction of sp³-hybridized carbons (Fsp3) is 0.188. The van der Waals surface area contributed by atoms with Crippen LogP contribution in [0, 0.1) is 6.92 Å². The molecule has 0 unspecified atom stereocenters. The molecule has 0 aliphatic heterocycles. The van der Waals surface area contributed by atoms with Crippen molar-refractivity contribution in [3.63, 3.8) is 0 Å². The van der Waals surface area contributed by atoms with Crippen LogP contribution in [0.1, 0.15) is 12.6 Å². The molecule has 3 aromatic rings. The molecule has 0 spiro atoms. The van der Waals surface area contributed by atoms with Gasteiger partial charge in [0.2, 0.25) is 5.43 Å². The van der Waals surface area contributed by atoms with Crippen molar-refractivity contribution in [2.45, 2.75) is 13.8 Å². The maximum absolute atomic E-state index is 12.6. The molecule has 0 fully saturated rings. The predicted octanol–water partition coefficient (Wildman–Crippen LogP) is 1.14. The number of benzene rings is 1. The highest BCUT2D eigenvalue weighted by Crippen LogP contribution is 2.25. The molecule has 0 aliphatic carbocycles. The first kappa shape index (κ1) is 14.1. The predicted molar refractivity (Wildman–Crippen MR) is 82.6 cm³/mol. The molecule has 0 amide bonds. The largest absolute Gasteiger partial charge is 0.489 e. The first-order valence-corrected chi connectivity index (χ1v) is 6.89. The van der Waals surface area contributed by atoms with E-state index in [1.807, 2.05) is 6.07 Å². The van der Waals surface area contributed by atoms with Gasteiger partial charge in [-0.25, -0.2) is 4.68 Å². The number of para-hydroxylation sites is 1. The lowest BCUT2D eigenvalue weighted by molar-refractivity contribution is 0.334. The van der Waals surface area contributed by atoms with E-state index in [4.69, 9.17) is 4.74 Å². The van der Waals surface area contributed by atoms with Crippen molar-refractivity contribution in [2.75, 3.05) is 6.61 Å². The number of aryl methyl sites for hydroxylation is 1. The Bertz CT molecular complexity index is 957. The molecule has 0 atom stereocenters. The van der Waals surface area contributed by atoms with Crippen LogP contribution in [0.25, 0.3) is 16.8 Å². The van der Waals surface area contributed by atoms with E-state index in [9.17, 15) is 14.4 Å². The standard InChI is InChI=1S/C16H14N2O4/c1-3-22-15-12(13(19)14(15)20)11-9(2)17-18(16(11)21)10-7-5-4-6-8-10/h4-8,17H,3H2,1-2H3. The zero-order chi connectivity index (χ0) is 15.9. The number of hydrogen-bond donors (Lipinski definition) is 1. The Balaban J connectivity index is 2.21. The maximum Gasteiger partial charge on any atom is 0.279 e. The molecule has 0 bridgehead atoms. The van der Waals surface area contributed by atoms with Crippen LogP contribution in [0.2, 0.25) is 0 Å². The molecule has 3 rings (SSSR count). The van der Waals surface area contributed by atoms with Gasteiger partial charge >= 0.3 is 0 Å². The van der Waals surface area contributed by atoms with Gasteiger partial charge in [-0.05, 0) is 26.0 Å². The highest BCUT2D eigenvalue weighted by Gasteiger charge is 2.29. The Kier molecular flexibility index (Phi) is 3.29. The third-order valence-corrected chi connectivity index (χ3v) is 3.49. The summed E-state index contributed by atoms with van der Waals surface area (Å²) in [6, 6.07) is 9.00. The second-order valence-electron chi connectivity index (χ2n) is 4.88. The SMILES string of the molecule is CCOc1c(-c2c(C)[nH]n(-c3ccccc3)c2=O)c(=O)c1=O. The van der Waals surface area contributed by atoms with Gasteiger partial charge in [0, 0.05) is 5.69 Å². The van der Waals surface area contributed by atoms with Crippen molar-refractivity contribution in [1.82, 2.24) is 9.78 Å². The normalized spacial score (nSPS) is 11.0. The van der Waals surface area contributed by atoms with Gasteiger partial charge in [-0.3, -0.25) is 19.5 Å². The molecule has 0 saturated carbocycles. The number of rotatable bonds is 4. The minimum atomic E-state index is -0.678. The number of H-pyrrole nitrogens is 1. The second kappa shape index (κ2) is 5.14. The van der Waals surface area contributed by atoms with E-state index < -0.39 is 10.9 Å². The zero-order valence-corrected chi connectivity index (χ0v) is 12.2. The lowest BCUT2D eigenvalue weighted by atomic mass is 10.0. The highest BCUT2D eigenvalue weighted by molar-refractivity contribution is 5.75. The van der Waals surface area contributed by atoms with E-state index in [1.165, 1.54) is 4.68 Å². The Morgan fingerprint density at radius 3 is 2.36 bits per heavy atom. The molecule has 1 heterocycles. The molecule has 0 saturated heterocycles. The summed E-state index contributed by atoms with van der Waals surface area (Å²) in [4.78, 5) is 36.0. The number of hydrogen-bond acceptors (Lipinski definition) is 4. The van der Waals surface area contributed by atoms with Gasteiger partial charge in [0.15, 0.2) is 5.75 Å². The van der Waals surface area contributed by atoms with Gasteiger partial charge in [0.05, 0.1) is 23.4 Å². The zero-order valence-electron chi connectivity index (χ0n) is 12.2. The van der Waals surface area contributed by atoms with Crippen LogP contribution in [-0.2, 0) is 0 Å². The van der Waals surface area contributed by atoms with Gasteiger partial charge in [-0.15, -0.1) is 0 Å². The fourth-order valence-electron chi connectivity index (χ4n) is 2.48. The van der Waals surface area contributed by atoms with E-state index in [1.54, 1.807) is 38.1 Å². The quantitative estimate of drug-likeness (QED) is 0.732. The van der Waals surface area contributed by atoms with Crippen molar-refractivity contribution in [2.24, 2.45) is 0 Å². The second-order valence-corrected chi connectivity index (χ2v) is 4.88. The molecule has 22 heavy (non-hydrogen) atoms. The van der Waals surface area contributed by atoms with Crippen LogP contribution in [0.3, 0.4) is 0 Å². The van der Waals surface area contributed by atoms with Crippen molar-refractivity contribution < 1.29 is 4.74 Å². The maximum atomic E-state index is 12.6. The minimum Gasteiger partial charge on any atom is -0.489 e. The van der Waals surface area contributed by atoms with E-state index in [-0.39, 0.29) is 29.0 Å². The molecule has 6 nitrogen and oxygen atoms in total. The van der Waals surface area contributed by atoms with Crippen LogP contribution in [0.4, 0.5) is 0 Å². The number of nitrogens with one attached hydrogen (secondary N) is 1. The Morgan fingerprint density at radius 1 is 1.05 bits per heavy atom. The van der Waals surface area contributed by atoms with Crippen molar-refractivity contribution in [3.8, 4) is 22.6 Å². The number of ether oxygens (including phenoxy) is 1. The van der Waals surface area contributed by atoms with Crippen LogP contribution in [0.15, 0.2) is 44.7 Å². The highest BCUT2D eigenvalue weighted by atomic mass is 16.5. The van der Waals surface area contributed by atoms with Crippen molar-refractivity contribution >= 4 is 0 Å². The van der Waals surface area contributed by atoms with E-state index in [0.29, 0.717) is 11.4 Å². The summed E-state index contributed by atoms with van der Waals surface area (Å²) < 4.78 is 6.54. The molecule has 0 radical (unpaired) electrons. The van der Waals surface area contributed by atoms with Crippen LogP contribution in [0.5, 0.6) is 5.75 Å². The summed E-state index contributed by atoms with van der Waals surface area (Å²) in [7, 11) is 0. The Morgan fingerprint density at radius 2 is 1.73 bits per heavy atom. The van der Waals surface area contributed by atoms with Crippen LogP contribution in [-0.4, -0.2) is 16.4 Å². The van der Waals surface area contributed by atoms with Gasteiger partial charge in [-0.1, -0.05) is 18.2 Å². The lowest BCUT2D eigenvalue weighted by Crippen LogP contribution is -2.36. The molecule has 1 aromatic heterocycles. The molecule has 1 N–H and O–H groups in total. The molecule has 112 valence electrons. The number of aromatic amines is 1. The van der Waals surface area contributed by atoms with Gasteiger partial charge in [-0.2, -0.15) is 0 Å². The number of aromatic nitrogens is 2. The van der Waals surface area contributed by atoms with Crippen molar-refractivity contribution in [1.29, 1.82) is 0 Å². The molecule has 0 aliphatic rings. The smallest absolute Gasteiger partial charge is 0.279 e. The van der Waals surface area contributed by atoms with E-state index in [0.717, 1.165) is 0 Å². The molecule has 2 aromatic carbocycles. The van der Waals surface area contributed by atoms with E-state index in [2.05, 4.69) is 5.10 Å². The monoisotopic (exact) mass is 298 g/mol. The first-order valence-electron chi connectivity index (χ1n) is 6.89. The summed E-state index contributed by atoms with van der Waals surface area (Å²) in [5, 5.41) is 2.93. The van der Waals surface area contributed by atoms with Gasteiger partial charge in [0.25, 0.3) is 11.0 Å². The average Bonchev–Trinajstić information content (AvgIpc) is 2.83. The third kappa shape index (κ3) is 1.92. The average molecular weight is 298 g/mol. The summed E-state index contributed by atoms with van der Waals surface area (Å²) in [6.45, 7) is 3.66. The Labute approximate surface area is 125 Å². The third-order valence-electron chi connectivity index (χ3n) is 3.49. The molecular formula is C16H14N2O4. The van der Waals surface area contributed by atoms with E-state index >= 15 is 0 Å². The summed E-state index contributed by atoms with van der Waals surface area (Å²) in [6.07, 6.45) is 0. The summed E-state index contributed by atoms with van der Waals surface area (Å²) >= 11 is 0. The van der Waals surface area contributed by atoms with Gasteiger partial charge in [0.1, 0.15) is 0 Å². The fourth-order valence-corrected chi connectivity index (χ4v) is 2.48. The van der Waals surface area contributed by atoms with Gasteiger partial charge < -0.3 is 4.74 Å². The van der Waals surface area contributed by atoms with Crippen LogP contribution < -0.4 is 21.2 Å². The molecular weight excluding hydrogens is 284 g/mol. The topological polar surface area (TPSA) is 81.2 Å². The minimum absolute atomic E-state index is 0.0214. The molecule has 6 heteroatoms. The lowest BCUT2D eigenvalue weighted by Gasteiger charge is -2.09. The number of nitrogens with zero attached hydrogens (tertiary/aromatic N) is 1. The Hall–Kier alpha value is -2.89. The summed E-state index contributed by atoms with van der Waals surface area (Å²) in [5.74, 6) is -0.0214. The first-order chi connectivity index (χ1) is 10.6. The van der Waals surface area contributed by atoms with Crippen LogP contribution >= 0.6 is 0 Å².